The minimum Gasteiger partial charge on any atom is -0.378 e. The average molecular weight is 455 g/mol. The van der Waals surface area contributed by atoms with Gasteiger partial charge < -0.3 is 19.5 Å². The van der Waals surface area contributed by atoms with E-state index in [0.29, 0.717) is 0 Å². The second-order valence-corrected chi connectivity index (χ2v) is 8.41. The number of hydrogen-bond acceptors (Lipinski definition) is 4. The fourth-order valence-electron chi connectivity index (χ4n) is 4.41. The molecule has 2 aromatic carbocycles. The first-order chi connectivity index (χ1) is 16.5. The Morgan fingerprint density at radius 2 is 1.76 bits per heavy atom. The smallest absolute Gasteiger partial charge is 0.266 e. The Morgan fingerprint density at radius 1 is 1.09 bits per heavy atom. The third-order valence-corrected chi connectivity index (χ3v) is 6.27. The van der Waals surface area contributed by atoms with Crippen LogP contribution < -0.4 is 10.2 Å². The van der Waals surface area contributed by atoms with Crippen molar-refractivity contribution in [3.63, 3.8) is 0 Å². The van der Waals surface area contributed by atoms with E-state index < -0.39 is 5.91 Å². The number of carbonyl (C=O) groups is 1. The Morgan fingerprint density at radius 3 is 2.44 bits per heavy atom. The molecule has 34 heavy (non-hydrogen) atoms. The second kappa shape index (κ2) is 10.4. The topological polar surface area (TPSA) is 70.3 Å². The summed E-state index contributed by atoms with van der Waals surface area (Å²) in [6.07, 6.45) is 2.47. The fourth-order valence-corrected chi connectivity index (χ4v) is 4.41. The molecule has 0 spiro atoms. The van der Waals surface area contributed by atoms with Crippen molar-refractivity contribution in [1.82, 2.24) is 4.57 Å². The number of ether oxygens (including phenoxy) is 1. The monoisotopic (exact) mass is 454 g/mol. The van der Waals surface area contributed by atoms with Gasteiger partial charge in [0.25, 0.3) is 5.91 Å². The number of para-hydroxylation sites is 1. The van der Waals surface area contributed by atoms with E-state index in [4.69, 9.17) is 4.74 Å². The number of nitrogens with zero attached hydrogens (tertiary/aromatic N) is 3. The number of hydrogen-bond donors (Lipinski definition) is 1. The molecule has 0 atom stereocenters. The third-order valence-electron chi connectivity index (χ3n) is 6.27. The van der Waals surface area contributed by atoms with Crippen molar-refractivity contribution in [3.8, 4) is 11.8 Å². The van der Waals surface area contributed by atoms with E-state index in [0.717, 1.165) is 66.6 Å². The highest BCUT2D eigenvalue weighted by atomic mass is 16.5. The first kappa shape index (κ1) is 23.3. The van der Waals surface area contributed by atoms with E-state index in [1.54, 1.807) is 6.08 Å². The van der Waals surface area contributed by atoms with Gasteiger partial charge in [-0.1, -0.05) is 25.1 Å². The molecular weight excluding hydrogens is 424 g/mol. The summed E-state index contributed by atoms with van der Waals surface area (Å²) in [5, 5.41) is 12.6. The lowest BCUT2D eigenvalue weighted by atomic mass is 10.1. The van der Waals surface area contributed by atoms with Crippen molar-refractivity contribution in [2.24, 2.45) is 0 Å². The summed E-state index contributed by atoms with van der Waals surface area (Å²) < 4.78 is 7.60. The van der Waals surface area contributed by atoms with Crippen molar-refractivity contribution < 1.29 is 9.53 Å². The second-order valence-electron chi connectivity index (χ2n) is 8.41. The molecule has 6 heteroatoms. The van der Waals surface area contributed by atoms with Crippen molar-refractivity contribution >= 4 is 23.4 Å². The van der Waals surface area contributed by atoms with Gasteiger partial charge in [-0.05, 0) is 73.9 Å². The highest BCUT2D eigenvalue weighted by Gasteiger charge is 2.16. The molecule has 3 aromatic rings. The number of aromatic nitrogens is 1. The summed E-state index contributed by atoms with van der Waals surface area (Å²) in [7, 11) is 0. The van der Waals surface area contributed by atoms with Crippen LogP contribution in [-0.4, -0.2) is 36.8 Å². The molecule has 6 nitrogen and oxygen atoms in total. The maximum Gasteiger partial charge on any atom is 0.266 e. The maximum absolute atomic E-state index is 12.9. The highest BCUT2D eigenvalue weighted by molar-refractivity contribution is 6.10. The van der Waals surface area contributed by atoms with Crippen molar-refractivity contribution in [2.75, 3.05) is 36.5 Å². The molecule has 2 heterocycles. The van der Waals surface area contributed by atoms with Crippen molar-refractivity contribution in [1.29, 1.82) is 5.26 Å². The number of nitrogens with one attached hydrogen (secondary N) is 1. The molecule has 4 rings (SSSR count). The van der Waals surface area contributed by atoms with Crippen LogP contribution in [0.4, 0.5) is 11.4 Å². The normalized spacial score (nSPS) is 14.1. The van der Waals surface area contributed by atoms with Crippen LogP contribution in [0.25, 0.3) is 11.8 Å². The maximum atomic E-state index is 12.9. The number of amides is 1. The zero-order chi connectivity index (χ0) is 24.1. The first-order valence-corrected chi connectivity index (χ1v) is 11.6. The Hall–Kier alpha value is -3.82. The minimum atomic E-state index is -0.400. The van der Waals surface area contributed by atoms with Crippen LogP contribution in [0.3, 0.4) is 0 Å². The predicted molar refractivity (Wildman–Crippen MR) is 136 cm³/mol. The summed E-state index contributed by atoms with van der Waals surface area (Å²) in [6.45, 7) is 9.39. The number of aryl methyl sites for hydroxylation is 2. The molecule has 1 aliphatic rings. The predicted octanol–water partition coefficient (Wildman–Crippen LogP) is 5.04. The van der Waals surface area contributed by atoms with E-state index in [9.17, 15) is 10.1 Å². The van der Waals surface area contributed by atoms with Gasteiger partial charge in [-0.15, -0.1) is 0 Å². The van der Waals surface area contributed by atoms with Gasteiger partial charge in [0.15, 0.2) is 0 Å². The summed E-state index contributed by atoms with van der Waals surface area (Å²) in [5.41, 5.74) is 6.95. The van der Waals surface area contributed by atoms with Crippen LogP contribution >= 0.6 is 0 Å². The number of anilines is 2. The van der Waals surface area contributed by atoms with Crippen molar-refractivity contribution in [2.45, 2.75) is 27.2 Å². The van der Waals surface area contributed by atoms with Gasteiger partial charge in [0.1, 0.15) is 11.6 Å². The van der Waals surface area contributed by atoms with Crippen LogP contribution in [0.2, 0.25) is 0 Å². The third kappa shape index (κ3) is 4.90. The van der Waals surface area contributed by atoms with E-state index in [2.05, 4.69) is 45.1 Å². The summed E-state index contributed by atoms with van der Waals surface area (Å²) in [5.74, 6) is -0.400. The Labute approximate surface area is 201 Å². The van der Waals surface area contributed by atoms with Gasteiger partial charge in [-0.25, -0.2) is 0 Å². The molecule has 1 amide bonds. The van der Waals surface area contributed by atoms with Crippen LogP contribution in [0, 0.1) is 25.2 Å². The van der Waals surface area contributed by atoms with E-state index in [1.807, 2.05) is 51.1 Å². The van der Waals surface area contributed by atoms with Crippen LogP contribution in [0.1, 0.15) is 29.4 Å². The van der Waals surface area contributed by atoms with Crippen molar-refractivity contribution in [3.05, 3.63) is 82.7 Å². The molecule has 174 valence electrons. The zero-order valence-electron chi connectivity index (χ0n) is 20.0. The first-order valence-electron chi connectivity index (χ1n) is 11.6. The number of benzene rings is 2. The number of rotatable bonds is 6. The quantitative estimate of drug-likeness (QED) is 0.419. The van der Waals surface area contributed by atoms with Gasteiger partial charge in [0.2, 0.25) is 0 Å². The van der Waals surface area contributed by atoms with E-state index in [-0.39, 0.29) is 5.57 Å². The molecule has 1 saturated heterocycles. The van der Waals surface area contributed by atoms with Crippen LogP contribution in [0.15, 0.2) is 60.2 Å². The van der Waals surface area contributed by atoms with Gasteiger partial charge in [-0.3, -0.25) is 4.79 Å². The van der Waals surface area contributed by atoms with Gasteiger partial charge >= 0.3 is 0 Å². The summed E-state index contributed by atoms with van der Waals surface area (Å²) in [4.78, 5) is 15.2. The molecule has 0 radical (unpaired) electrons. The lowest BCUT2D eigenvalue weighted by Crippen LogP contribution is -2.36. The minimum absolute atomic E-state index is 0.0776. The molecule has 0 unspecified atom stereocenters. The number of carbonyl (C=O) groups excluding carboxylic acids is 1. The summed E-state index contributed by atoms with van der Waals surface area (Å²) >= 11 is 0. The van der Waals surface area contributed by atoms with E-state index in [1.165, 1.54) is 5.69 Å². The SMILES string of the molecule is CCc1ccccc1NC(=O)/C(C#N)=C\c1cc(C)n(-c2ccc(N3CCOCC3)cc2)c1C. The van der Waals surface area contributed by atoms with Gasteiger partial charge in [0, 0.05) is 41.5 Å². The van der Waals surface area contributed by atoms with Crippen LogP contribution in [0.5, 0.6) is 0 Å². The summed E-state index contributed by atoms with van der Waals surface area (Å²) in [6, 6.07) is 20.2. The fraction of sp³-hybridized carbons (Fsp3) is 0.286. The largest absolute Gasteiger partial charge is 0.378 e. The number of nitriles is 1. The average Bonchev–Trinajstić information content (AvgIpc) is 3.15. The highest BCUT2D eigenvalue weighted by Crippen LogP contribution is 2.26. The molecule has 0 saturated carbocycles. The Balaban J connectivity index is 1.58. The van der Waals surface area contributed by atoms with Gasteiger partial charge in [0.05, 0.1) is 13.2 Å². The molecule has 1 aromatic heterocycles. The van der Waals surface area contributed by atoms with Crippen LogP contribution in [-0.2, 0) is 16.0 Å². The Kier molecular flexibility index (Phi) is 7.15. The molecule has 1 aliphatic heterocycles. The molecule has 1 fully saturated rings. The molecule has 0 bridgehead atoms. The van der Waals surface area contributed by atoms with E-state index >= 15 is 0 Å². The Bertz CT molecular complexity index is 1240. The van der Waals surface area contributed by atoms with Gasteiger partial charge in [-0.2, -0.15) is 5.26 Å². The molecule has 0 aliphatic carbocycles. The molecular formula is C28H30N4O2. The zero-order valence-corrected chi connectivity index (χ0v) is 20.0. The standard InChI is InChI=1S/C28H30N4O2/c1-4-22-7-5-6-8-27(22)30-28(33)24(19-29)18-23-17-20(2)32(21(23)3)26-11-9-25(10-12-26)31-13-15-34-16-14-31/h5-12,17-18H,4,13-16H2,1-3H3,(H,30,33)/b24-18-. The number of morpholine rings is 1. The lowest BCUT2D eigenvalue weighted by Gasteiger charge is -2.29. The molecule has 1 N–H and O–H groups in total. The lowest BCUT2D eigenvalue weighted by molar-refractivity contribution is -0.112.